The van der Waals surface area contributed by atoms with E-state index in [1.165, 1.54) is 18.7 Å². The minimum atomic E-state index is -0.473. The summed E-state index contributed by atoms with van der Waals surface area (Å²) in [7, 11) is 0. The maximum Gasteiger partial charge on any atom is 0.254 e. The van der Waals surface area contributed by atoms with Crippen molar-refractivity contribution in [1.29, 1.82) is 0 Å². The van der Waals surface area contributed by atoms with E-state index in [4.69, 9.17) is 0 Å². The monoisotopic (exact) mass is 249 g/mol. The van der Waals surface area contributed by atoms with E-state index in [0.717, 1.165) is 25.7 Å². The summed E-state index contributed by atoms with van der Waals surface area (Å²) in [4.78, 5) is 19.7. The highest BCUT2D eigenvalue weighted by Gasteiger charge is 2.35. The van der Waals surface area contributed by atoms with E-state index in [9.17, 15) is 9.90 Å². The van der Waals surface area contributed by atoms with Gasteiger partial charge in [-0.2, -0.15) is 0 Å². The number of aliphatic hydroxyl groups excluding tert-OH is 1. The van der Waals surface area contributed by atoms with Crippen molar-refractivity contribution in [3.8, 4) is 0 Å². The number of carbonyl (C=O) groups is 1. The topological polar surface area (TPSA) is 75.1 Å². The van der Waals surface area contributed by atoms with Gasteiger partial charge < -0.3 is 10.4 Å². The molecule has 1 amide bonds. The summed E-state index contributed by atoms with van der Waals surface area (Å²) in [5, 5.41) is 12.5. The molecule has 18 heavy (non-hydrogen) atoms. The number of nitrogens with zero attached hydrogens (tertiary/aromatic N) is 2. The molecular weight excluding hydrogens is 230 g/mol. The minimum Gasteiger partial charge on any atom is -0.394 e. The Hall–Kier alpha value is -1.49. The van der Waals surface area contributed by atoms with E-state index in [1.54, 1.807) is 0 Å². The van der Waals surface area contributed by atoms with Crippen LogP contribution < -0.4 is 5.32 Å². The van der Waals surface area contributed by atoms with Crippen LogP contribution in [0.1, 0.15) is 43.0 Å². The zero-order chi connectivity index (χ0) is 13.0. The van der Waals surface area contributed by atoms with Crippen molar-refractivity contribution in [2.24, 2.45) is 5.92 Å². The van der Waals surface area contributed by atoms with Crippen LogP contribution in [0.25, 0.3) is 0 Å². The third-order valence-electron chi connectivity index (χ3n) is 3.74. The fraction of sp³-hybridized carbons (Fsp3) is 0.615. The van der Waals surface area contributed by atoms with Gasteiger partial charge in [-0.05, 0) is 31.6 Å². The van der Waals surface area contributed by atoms with Crippen LogP contribution in [0.3, 0.4) is 0 Å². The summed E-state index contributed by atoms with van der Waals surface area (Å²) in [5.74, 6) is 0.459. The molecule has 0 saturated heterocycles. The van der Waals surface area contributed by atoms with Gasteiger partial charge in [0.05, 0.1) is 17.7 Å². The number of aliphatic hydroxyl groups is 1. The van der Waals surface area contributed by atoms with Crippen molar-refractivity contribution in [1.82, 2.24) is 15.3 Å². The number of aromatic nitrogens is 2. The molecule has 0 spiro atoms. The van der Waals surface area contributed by atoms with Crippen LogP contribution in [0.5, 0.6) is 0 Å². The third kappa shape index (κ3) is 2.85. The first-order chi connectivity index (χ1) is 8.65. The van der Waals surface area contributed by atoms with Crippen LogP contribution in [0, 0.1) is 5.92 Å². The van der Waals surface area contributed by atoms with Gasteiger partial charge in [0.25, 0.3) is 5.91 Å². The summed E-state index contributed by atoms with van der Waals surface area (Å²) in [6.07, 6.45) is 8.07. The summed E-state index contributed by atoms with van der Waals surface area (Å²) in [6.45, 7) is 2.19. The first-order valence-corrected chi connectivity index (χ1v) is 6.34. The number of amides is 1. The quantitative estimate of drug-likeness (QED) is 0.842. The molecule has 1 aliphatic rings. The van der Waals surface area contributed by atoms with Crippen LogP contribution in [0.2, 0.25) is 0 Å². The van der Waals surface area contributed by atoms with Crippen molar-refractivity contribution < 1.29 is 9.90 Å². The van der Waals surface area contributed by atoms with Gasteiger partial charge in [0.1, 0.15) is 6.33 Å². The Morgan fingerprint density at radius 2 is 2.06 bits per heavy atom. The van der Waals surface area contributed by atoms with Gasteiger partial charge in [-0.3, -0.25) is 4.79 Å². The lowest BCUT2D eigenvalue weighted by Crippen LogP contribution is -2.53. The average Bonchev–Trinajstić information content (AvgIpc) is 2.43. The molecular formula is C13H19N3O2. The van der Waals surface area contributed by atoms with Crippen molar-refractivity contribution in [3.63, 3.8) is 0 Å². The number of rotatable bonds is 3. The molecule has 1 aliphatic carbocycles. The molecule has 1 fully saturated rings. The maximum absolute atomic E-state index is 12.1. The van der Waals surface area contributed by atoms with Crippen LogP contribution in [0.4, 0.5) is 0 Å². The van der Waals surface area contributed by atoms with Crippen molar-refractivity contribution in [2.75, 3.05) is 6.61 Å². The minimum absolute atomic E-state index is 0.0147. The molecule has 98 valence electrons. The third-order valence-corrected chi connectivity index (χ3v) is 3.74. The van der Waals surface area contributed by atoms with E-state index < -0.39 is 5.54 Å². The second-order valence-electron chi connectivity index (χ2n) is 5.20. The molecule has 0 bridgehead atoms. The molecule has 2 rings (SSSR count). The van der Waals surface area contributed by atoms with E-state index in [2.05, 4.69) is 22.2 Å². The SMILES string of the molecule is CC1CCC(CO)(NC(=O)c2cncnc2)CC1. The summed E-state index contributed by atoms with van der Waals surface area (Å²) in [5.41, 5.74) is -0.0386. The van der Waals surface area contributed by atoms with E-state index in [-0.39, 0.29) is 12.5 Å². The van der Waals surface area contributed by atoms with Gasteiger partial charge in [0, 0.05) is 12.4 Å². The summed E-state index contributed by atoms with van der Waals surface area (Å²) in [6, 6.07) is 0. The van der Waals surface area contributed by atoms with Gasteiger partial charge in [0.15, 0.2) is 0 Å². The fourth-order valence-electron chi connectivity index (χ4n) is 2.37. The van der Waals surface area contributed by atoms with E-state index in [1.807, 2.05) is 0 Å². The van der Waals surface area contributed by atoms with Crippen molar-refractivity contribution in [2.45, 2.75) is 38.1 Å². The Balaban J connectivity index is 2.05. The first kappa shape index (κ1) is 13.0. The molecule has 0 atom stereocenters. The Bertz CT molecular complexity index is 400. The molecule has 1 aromatic rings. The summed E-state index contributed by atoms with van der Waals surface area (Å²) >= 11 is 0. The molecule has 1 aromatic heterocycles. The smallest absolute Gasteiger partial charge is 0.254 e. The van der Waals surface area contributed by atoms with Gasteiger partial charge in [-0.25, -0.2) is 9.97 Å². The summed E-state index contributed by atoms with van der Waals surface area (Å²) < 4.78 is 0. The number of hydrogen-bond acceptors (Lipinski definition) is 4. The fourth-order valence-corrected chi connectivity index (χ4v) is 2.37. The second-order valence-corrected chi connectivity index (χ2v) is 5.20. The lowest BCUT2D eigenvalue weighted by molar-refractivity contribution is 0.0716. The molecule has 1 saturated carbocycles. The first-order valence-electron chi connectivity index (χ1n) is 6.34. The van der Waals surface area contributed by atoms with Crippen LogP contribution in [0.15, 0.2) is 18.7 Å². The van der Waals surface area contributed by atoms with Gasteiger partial charge >= 0.3 is 0 Å². The number of hydrogen-bond donors (Lipinski definition) is 2. The molecule has 5 nitrogen and oxygen atoms in total. The number of carbonyl (C=O) groups excluding carboxylic acids is 1. The molecule has 2 N–H and O–H groups in total. The Kier molecular flexibility index (Phi) is 3.91. The Labute approximate surface area is 107 Å². The predicted octanol–water partition coefficient (Wildman–Crippen LogP) is 1.15. The van der Waals surface area contributed by atoms with Gasteiger partial charge in [-0.15, -0.1) is 0 Å². The second kappa shape index (κ2) is 5.44. The lowest BCUT2D eigenvalue weighted by Gasteiger charge is -2.38. The largest absolute Gasteiger partial charge is 0.394 e. The predicted molar refractivity (Wildman–Crippen MR) is 66.9 cm³/mol. The average molecular weight is 249 g/mol. The molecule has 1 heterocycles. The molecule has 5 heteroatoms. The van der Waals surface area contributed by atoms with E-state index >= 15 is 0 Å². The molecule has 0 aliphatic heterocycles. The zero-order valence-electron chi connectivity index (χ0n) is 10.6. The lowest BCUT2D eigenvalue weighted by atomic mass is 9.77. The maximum atomic E-state index is 12.1. The van der Waals surface area contributed by atoms with Crippen molar-refractivity contribution >= 4 is 5.91 Å². The van der Waals surface area contributed by atoms with Gasteiger partial charge in [0.2, 0.25) is 0 Å². The van der Waals surface area contributed by atoms with Crippen LogP contribution in [-0.2, 0) is 0 Å². The Morgan fingerprint density at radius 3 is 2.61 bits per heavy atom. The van der Waals surface area contributed by atoms with E-state index in [0.29, 0.717) is 11.5 Å². The highest BCUT2D eigenvalue weighted by Crippen LogP contribution is 2.31. The highest BCUT2D eigenvalue weighted by atomic mass is 16.3. The van der Waals surface area contributed by atoms with Crippen molar-refractivity contribution in [3.05, 3.63) is 24.3 Å². The standard InChI is InChI=1S/C13H19N3O2/c1-10-2-4-13(8-17,5-3-10)16-12(18)11-6-14-9-15-7-11/h6-7,9-10,17H,2-5,8H2,1H3,(H,16,18). The van der Waals surface area contributed by atoms with Gasteiger partial charge in [-0.1, -0.05) is 6.92 Å². The zero-order valence-corrected chi connectivity index (χ0v) is 10.6. The van der Waals surface area contributed by atoms with Crippen LogP contribution >= 0.6 is 0 Å². The normalized spacial score (nSPS) is 27.8. The Morgan fingerprint density at radius 1 is 1.44 bits per heavy atom. The molecule has 0 aromatic carbocycles. The molecule has 0 radical (unpaired) electrons. The van der Waals surface area contributed by atoms with Crippen LogP contribution in [-0.4, -0.2) is 33.1 Å². The molecule has 0 unspecified atom stereocenters. The highest BCUT2D eigenvalue weighted by molar-refractivity contribution is 5.94. The number of nitrogens with one attached hydrogen (secondary N) is 1.